The Kier molecular flexibility index (Phi) is 8.63. The van der Waals surface area contributed by atoms with E-state index in [4.69, 9.17) is 26.1 Å². The van der Waals surface area contributed by atoms with Crippen LogP contribution in [0.3, 0.4) is 0 Å². The lowest BCUT2D eigenvalue weighted by atomic mass is 10.2. The van der Waals surface area contributed by atoms with Crippen molar-refractivity contribution in [2.75, 3.05) is 20.3 Å². The summed E-state index contributed by atoms with van der Waals surface area (Å²) in [7, 11) is 1.65. The molecule has 4 aromatic rings. The van der Waals surface area contributed by atoms with Crippen molar-refractivity contribution in [1.29, 1.82) is 0 Å². The van der Waals surface area contributed by atoms with Gasteiger partial charge in [0.2, 0.25) is 0 Å². The normalized spacial score (nSPS) is 10.9. The highest BCUT2D eigenvalue weighted by Crippen LogP contribution is 2.20. The number of amides is 1. The number of benzene rings is 3. The molecule has 0 spiro atoms. The van der Waals surface area contributed by atoms with Crippen LogP contribution in [0.25, 0.3) is 11.0 Å². The number of para-hydroxylation sites is 2. The van der Waals surface area contributed by atoms with E-state index in [-0.39, 0.29) is 5.91 Å². The zero-order valence-corrected chi connectivity index (χ0v) is 20.6. The van der Waals surface area contributed by atoms with Crippen molar-refractivity contribution < 1.29 is 14.3 Å². The molecular formula is C28H30ClN3O3. The minimum Gasteiger partial charge on any atom is -0.497 e. The van der Waals surface area contributed by atoms with E-state index in [1.165, 1.54) is 0 Å². The van der Waals surface area contributed by atoms with E-state index in [1.54, 1.807) is 31.4 Å². The molecule has 0 fully saturated rings. The maximum absolute atomic E-state index is 12.3. The second-order valence-corrected chi connectivity index (χ2v) is 8.71. The van der Waals surface area contributed by atoms with Gasteiger partial charge in [0, 0.05) is 36.2 Å². The van der Waals surface area contributed by atoms with Gasteiger partial charge in [0.15, 0.2) is 0 Å². The third-order valence-corrected chi connectivity index (χ3v) is 6.00. The molecule has 0 aliphatic heterocycles. The van der Waals surface area contributed by atoms with Crippen molar-refractivity contribution in [2.24, 2.45) is 0 Å². The lowest BCUT2D eigenvalue weighted by Gasteiger charge is -2.11. The lowest BCUT2D eigenvalue weighted by Crippen LogP contribution is -2.25. The van der Waals surface area contributed by atoms with Crippen LogP contribution in [-0.2, 0) is 13.0 Å². The van der Waals surface area contributed by atoms with Crippen molar-refractivity contribution in [3.63, 3.8) is 0 Å². The van der Waals surface area contributed by atoms with Crippen LogP contribution in [0.1, 0.15) is 35.4 Å². The molecule has 7 heteroatoms. The standard InChI is InChI=1S/C28H30ClN3O3/c1-34-23-11-7-12-24(20-23)35-18-5-4-17-32-26-14-3-2-13-25(26)31-27(32)15-8-16-30-28(33)21-9-6-10-22(29)19-21/h2-3,6-7,9-14,19-20H,4-5,8,15-18H2,1H3,(H,30,33). The SMILES string of the molecule is COc1cccc(OCCCCn2c(CCCNC(=O)c3cccc(Cl)c3)nc3ccccc32)c1. The van der Waals surface area contributed by atoms with E-state index in [9.17, 15) is 4.79 Å². The average molecular weight is 492 g/mol. The van der Waals surface area contributed by atoms with Crippen LogP contribution < -0.4 is 14.8 Å². The van der Waals surface area contributed by atoms with Crippen molar-refractivity contribution in [2.45, 2.75) is 32.2 Å². The summed E-state index contributed by atoms with van der Waals surface area (Å²) in [4.78, 5) is 17.2. The highest BCUT2D eigenvalue weighted by molar-refractivity contribution is 6.30. The van der Waals surface area contributed by atoms with E-state index in [2.05, 4.69) is 16.0 Å². The quantitative estimate of drug-likeness (QED) is 0.250. The molecule has 6 nitrogen and oxygen atoms in total. The number of unbranched alkanes of at least 4 members (excludes halogenated alkanes) is 1. The van der Waals surface area contributed by atoms with E-state index >= 15 is 0 Å². The number of halogens is 1. The third kappa shape index (κ3) is 6.76. The van der Waals surface area contributed by atoms with Gasteiger partial charge in [-0.25, -0.2) is 4.98 Å². The summed E-state index contributed by atoms with van der Waals surface area (Å²) in [5.41, 5.74) is 2.71. The summed E-state index contributed by atoms with van der Waals surface area (Å²) in [5, 5.41) is 3.53. The molecule has 0 aliphatic carbocycles. The van der Waals surface area contributed by atoms with Gasteiger partial charge in [-0.1, -0.05) is 35.9 Å². The van der Waals surface area contributed by atoms with Crippen LogP contribution in [0, 0.1) is 0 Å². The first-order valence-corrected chi connectivity index (χ1v) is 12.3. The van der Waals surface area contributed by atoms with Gasteiger partial charge < -0.3 is 19.4 Å². The van der Waals surface area contributed by atoms with Crippen LogP contribution in [-0.4, -0.2) is 35.7 Å². The number of methoxy groups -OCH3 is 1. The Balaban J connectivity index is 1.29. The van der Waals surface area contributed by atoms with Gasteiger partial charge in [-0.3, -0.25) is 4.79 Å². The first-order valence-electron chi connectivity index (χ1n) is 11.9. The summed E-state index contributed by atoms with van der Waals surface area (Å²) in [6.07, 6.45) is 3.49. The van der Waals surface area contributed by atoms with E-state index in [0.717, 1.165) is 60.6 Å². The molecule has 0 aliphatic rings. The Labute approximate surface area is 210 Å². The molecule has 1 heterocycles. The molecule has 0 saturated heterocycles. The number of aromatic nitrogens is 2. The molecule has 35 heavy (non-hydrogen) atoms. The number of ether oxygens (including phenoxy) is 2. The maximum Gasteiger partial charge on any atom is 0.251 e. The predicted molar refractivity (Wildman–Crippen MR) is 140 cm³/mol. The maximum atomic E-state index is 12.3. The molecule has 0 unspecified atom stereocenters. The number of nitrogens with one attached hydrogen (secondary N) is 1. The number of carbonyl (C=O) groups excluding carboxylic acids is 1. The monoisotopic (exact) mass is 491 g/mol. The van der Waals surface area contributed by atoms with E-state index in [1.807, 2.05) is 42.5 Å². The number of hydrogen-bond acceptors (Lipinski definition) is 4. The van der Waals surface area contributed by atoms with Gasteiger partial charge in [0.05, 0.1) is 24.8 Å². The lowest BCUT2D eigenvalue weighted by molar-refractivity contribution is 0.0953. The summed E-state index contributed by atoms with van der Waals surface area (Å²) in [6.45, 7) is 2.08. The molecule has 1 aromatic heterocycles. The van der Waals surface area contributed by atoms with Crippen molar-refractivity contribution in [3.8, 4) is 11.5 Å². The average Bonchev–Trinajstić information content (AvgIpc) is 3.23. The molecule has 0 atom stereocenters. The van der Waals surface area contributed by atoms with Gasteiger partial charge in [-0.15, -0.1) is 0 Å². The fourth-order valence-corrected chi connectivity index (χ4v) is 4.19. The minimum atomic E-state index is -0.114. The zero-order valence-electron chi connectivity index (χ0n) is 19.9. The number of nitrogens with zero attached hydrogens (tertiary/aromatic N) is 2. The number of rotatable bonds is 12. The Morgan fingerprint density at radius 1 is 0.971 bits per heavy atom. The highest BCUT2D eigenvalue weighted by atomic mass is 35.5. The fourth-order valence-electron chi connectivity index (χ4n) is 4.00. The molecule has 1 amide bonds. The molecule has 182 valence electrons. The van der Waals surface area contributed by atoms with Gasteiger partial charge in [0.1, 0.15) is 17.3 Å². The third-order valence-electron chi connectivity index (χ3n) is 5.77. The number of fused-ring (bicyclic) bond motifs is 1. The number of hydrogen-bond donors (Lipinski definition) is 1. The van der Waals surface area contributed by atoms with Gasteiger partial charge >= 0.3 is 0 Å². The van der Waals surface area contributed by atoms with Crippen molar-refractivity contribution in [3.05, 3.63) is 89.2 Å². The zero-order chi connectivity index (χ0) is 24.5. The second kappa shape index (κ2) is 12.3. The summed E-state index contributed by atoms with van der Waals surface area (Å²) in [5.74, 6) is 2.53. The van der Waals surface area contributed by atoms with Crippen molar-refractivity contribution >= 4 is 28.5 Å². The summed E-state index contributed by atoms with van der Waals surface area (Å²) >= 11 is 5.99. The smallest absolute Gasteiger partial charge is 0.251 e. The Morgan fingerprint density at radius 3 is 2.66 bits per heavy atom. The molecule has 0 radical (unpaired) electrons. The predicted octanol–water partition coefficient (Wildman–Crippen LogP) is 5.92. The Hall–Kier alpha value is -3.51. The van der Waals surface area contributed by atoms with Crippen LogP contribution in [0.5, 0.6) is 11.5 Å². The molecule has 0 saturated carbocycles. The van der Waals surface area contributed by atoms with Crippen molar-refractivity contribution in [1.82, 2.24) is 14.9 Å². The minimum absolute atomic E-state index is 0.114. The first kappa shape index (κ1) is 24.6. The fraction of sp³-hybridized carbons (Fsp3) is 0.286. The van der Waals surface area contributed by atoms with Gasteiger partial charge in [-0.2, -0.15) is 0 Å². The van der Waals surface area contributed by atoms with Crippen LogP contribution in [0.4, 0.5) is 0 Å². The Bertz CT molecular complexity index is 1270. The van der Waals surface area contributed by atoms with Gasteiger partial charge in [0.25, 0.3) is 5.91 Å². The second-order valence-electron chi connectivity index (χ2n) is 8.27. The highest BCUT2D eigenvalue weighted by Gasteiger charge is 2.11. The molecule has 4 rings (SSSR count). The van der Waals surface area contributed by atoms with E-state index in [0.29, 0.717) is 23.7 Å². The van der Waals surface area contributed by atoms with Crippen LogP contribution in [0.2, 0.25) is 5.02 Å². The first-order chi connectivity index (χ1) is 17.1. The summed E-state index contributed by atoms with van der Waals surface area (Å²) < 4.78 is 13.4. The van der Waals surface area contributed by atoms with E-state index < -0.39 is 0 Å². The molecular weight excluding hydrogens is 462 g/mol. The van der Waals surface area contributed by atoms with Crippen LogP contribution in [0.15, 0.2) is 72.8 Å². The molecule has 0 bridgehead atoms. The topological polar surface area (TPSA) is 65.4 Å². The molecule has 3 aromatic carbocycles. The van der Waals surface area contributed by atoms with Crippen LogP contribution >= 0.6 is 11.6 Å². The Morgan fingerprint density at radius 2 is 1.80 bits per heavy atom. The summed E-state index contributed by atoms with van der Waals surface area (Å²) in [6, 6.07) is 22.8. The molecule has 1 N–H and O–H groups in total. The largest absolute Gasteiger partial charge is 0.497 e. The number of aryl methyl sites for hydroxylation is 2. The van der Waals surface area contributed by atoms with Gasteiger partial charge in [-0.05, 0) is 61.7 Å². The number of imidazole rings is 1. The number of carbonyl (C=O) groups is 1.